The number of hydrogen-bond acceptors (Lipinski definition) is 4. The van der Waals surface area contributed by atoms with Gasteiger partial charge in [-0.25, -0.2) is 0 Å². The number of likely N-dealkylation sites (N-methyl/N-ethyl adjacent to an activating group) is 1. The number of nitrogens with one attached hydrogen (secondary N) is 2. The van der Waals surface area contributed by atoms with Gasteiger partial charge in [0.2, 0.25) is 11.8 Å². The van der Waals surface area contributed by atoms with Gasteiger partial charge in [0.1, 0.15) is 0 Å². The quantitative estimate of drug-likeness (QED) is 0.704. The summed E-state index contributed by atoms with van der Waals surface area (Å²) >= 11 is 1.61. The third-order valence-electron chi connectivity index (χ3n) is 3.83. The lowest BCUT2D eigenvalue weighted by atomic mass is 10.1. The van der Waals surface area contributed by atoms with Crippen molar-refractivity contribution in [3.63, 3.8) is 0 Å². The van der Waals surface area contributed by atoms with Crippen LogP contribution in [0.5, 0.6) is 0 Å². The zero-order chi connectivity index (χ0) is 20.6. The number of carbonyl (C=O) groups excluding carboxylic acids is 2. The Hall–Kier alpha value is -2.31. The van der Waals surface area contributed by atoms with Crippen molar-refractivity contribution in [3.8, 4) is 0 Å². The molecule has 5 nitrogen and oxygen atoms in total. The van der Waals surface area contributed by atoms with Crippen molar-refractivity contribution in [2.24, 2.45) is 0 Å². The second-order valence-corrected chi connectivity index (χ2v) is 8.68. The predicted molar refractivity (Wildman–Crippen MR) is 116 cm³/mol. The summed E-state index contributed by atoms with van der Waals surface area (Å²) in [6, 6.07) is 17.8. The summed E-state index contributed by atoms with van der Waals surface area (Å²) in [5.74, 6) is -0.214. The largest absolute Gasteiger partial charge is 0.350 e. The van der Waals surface area contributed by atoms with Crippen LogP contribution in [0.3, 0.4) is 0 Å². The summed E-state index contributed by atoms with van der Waals surface area (Å²) in [5, 5.41) is 5.91. The highest BCUT2D eigenvalue weighted by molar-refractivity contribution is 7.99. The van der Waals surface area contributed by atoms with E-state index in [9.17, 15) is 9.59 Å². The molecule has 0 aliphatic rings. The summed E-state index contributed by atoms with van der Waals surface area (Å²) in [7, 11) is 0. The van der Waals surface area contributed by atoms with E-state index in [1.54, 1.807) is 11.8 Å². The average molecular weight is 400 g/mol. The Bertz CT molecular complexity index is 788. The maximum atomic E-state index is 12.6. The number of carbonyl (C=O) groups is 2. The van der Waals surface area contributed by atoms with Crippen LogP contribution < -0.4 is 10.6 Å². The molecule has 2 N–H and O–H groups in total. The molecule has 0 bridgehead atoms. The van der Waals surface area contributed by atoms with Gasteiger partial charge in [-0.3, -0.25) is 14.5 Å². The van der Waals surface area contributed by atoms with Crippen molar-refractivity contribution in [1.82, 2.24) is 10.2 Å². The van der Waals surface area contributed by atoms with Gasteiger partial charge in [0.25, 0.3) is 0 Å². The van der Waals surface area contributed by atoms with Crippen molar-refractivity contribution >= 4 is 29.3 Å². The maximum Gasteiger partial charge on any atom is 0.238 e. The number of benzene rings is 2. The Morgan fingerprint density at radius 3 is 2.18 bits per heavy atom. The SMILES string of the molecule is CCN(CC(=O)Nc1ccccc1Sc1ccccc1)CC(=O)NC(C)(C)C. The molecule has 0 saturated heterocycles. The van der Waals surface area contributed by atoms with Crippen LogP contribution in [0.4, 0.5) is 5.69 Å². The first-order valence-corrected chi connectivity index (χ1v) is 10.2. The molecule has 2 amide bonds. The zero-order valence-corrected chi connectivity index (χ0v) is 17.8. The van der Waals surface area contributed by atoms with E-state index in [1.165, 1.54) is 0 Å². The molecule has 0 unspecified atom stereocenters. The standard InChI is InChI=1S/C22H29N3O2S/c1-5-25(16-21(27)24-22(2,3)4)15-20(26)23-18-13-9-10-14-19(18)28-17-11-7-6-8-12-17/h6-14H,5,15-16H2,1-4H3,(H,23,26)(H,24,27). The number of para-hydroxylation sites is 1. The smallest absolute Gasteiger partial charge is 0.238 e. The van der Waals surface area contributed by atoms with E-state index in [-0.39, 0.29) is 30.4 Å². The molecule has 2 rings (SSSR count). The molecule has 0 fully saturated rings. The number of rotatable bonds is 8. The van der Waals surface area contributed by atoms with Gasteiger partial charge in [0.15, 0.2) is 0 Å². The predicted octanol–water partition coefficient (Wildman–Crippen LogP) is 4.01. The van der Waals surface area contributed by atoms with Gasteiger partial charge < -0.3 is 10.6 Å². The van der Waals surface area contributed by atoms with E-state index in [2.05, 4.69) is 10.6 Å². The van der Waals surface area contributed by atoms with Crippen LogP contribution in [-0.4, -0.2) is 41.9 Å². The zero-order valence-electron chi connectivity index (χ0n) is 17.0. The average Bonchev–Trinajstić information content (AvgIpc) is 2.62. The Balaban J connectivity index is 1.97. The van der Waals surface area contributed by atoms with Crippen molar-refractivity contribution in [2.45, 2.75) is 43.0 Å². The van der Waals surface area contributed by atoms with Crippen molar-refractivity contribution < 1.29 is 9.59 Å². The van der Waals surface area contributed by atoms with Gasteiger partial charge in [-0.2, -0.15) is 0 Å². The summed E-state index contributed by atoms with van der Waals surface area (Å²) in [6.07, 6.45) is 0. The first-order chi connectivity index (χ1) is 13.3. The highest BCUT2D eigenvalue weighted by Crippen LogP contribution is 2.33. The molecule has 0 spiro atoms. The second-order valence-electron chi connectivity index (χ2n) is 7.56. The first-order valence-electron chi connectivity index (χ1n) is 9.42. The molecule has 0 atom stereocenters. The number of anilines is 1. The highest BCUT2D eigenvalue weighted by Gasteiger charge is 2.18. The fourth-order valence-corrected chi connectivity index (χ4v) is 3.53. The maximum absolute atomic E-state index is 12.6. The Labute approximate surface area is 171 Å². The summed E-state index contributed by atoms with van der Waals surface area (Å²) in [4.78, 5) is 28.6. The number of hydrogen-bond donors (Lipinski definition) is 2. The van der Waals surface area contributed by atoms with Crippen LogP contribution in [0.25, 0.3) is 0 Å². The number of amides is 2. The van der Waals surface area contributed by atoms with E-state index < -0.39 is 0 Å². The highest BCUT2D eigenvalue weighted by atomic mass is 32.2. The molecule has 150 valence electrons. The molecule has 0 aliphatic heterocycles. The van der Waals surface area contributed by atoms with Gasteiger partial charge in [0.05, 0.1) is 18.8 Å². The van der Waals surface area contributed by atoms with Crippen molar-refractivity contribution in [1.29, 1.82) is 0 Å². The van der Waals surface area contributed by atoms with Crippen LogP contribution in [-0.2, 0) is 9.59 Å². The lowest BCUT2D eigenvalue weighted by Gasteiger charge is -2.24. The topological polar surface area (TPSA) is 61.4 Å². The van der Waals surface area contributed by atoms with Crippen LogP contribution in [0.2, 0.25) is 0 Å². The molecule has 0 heterocycles. The summed E-state index contributed by atoms with van der Waals surface area (Å²) in [6.45, 7) is 8.74. The van der Waals surface area contributed by atoms with Crippen LogP contribution in [0.1, 0.15) is 27.7 Å². The van der Waals surface area contributed by atoms with Gasteiger partial charge >= 0.3 is 0 Å². The molecule has 2 aromatic rings. The fraction of sp³-hybridized carbons (Fsp3) is 0.364. The minimum Gasteiger partial charge on any atom is -0.350 e. The van der Waals surface area contributed by atoms with E-state index in [0.29, 0.717) is 6.54 Å². The summed E-state index contributed by atoms with van der Waals surface area (Å²) in [5.41, 5.74) is 0.489. The van der Waals surface area contributed by atoms with Gasteiger partial charge in [0, 0.05) is 15.3 Å². The molecule has 28 heavy (non-hydrogen) atoms. The minimum atomic E-state index is -0.285. The Morgan fingerprint density at radius 2 is 1.54 bits per heavy atom. The van der Waals surface area contributed by atoms with Crippen LogP contribution in [0.15, 0.2) is 64.4 Å². The van der Waals surface area contributed by atoms with E-state index in [1.807, 2.05) is 87.2 Å². The molecule has 2 aromatic carbocycles. The minimum absolute atomic E-state index is 0.0813. The summed E-state index contributed by atoms with van der Waals surface area (Å²) < 4.78 is 0. The molecule has 0 saturated carbocycles. The normalized spacial score (nSPS) is 11.3. The lowest BCUT2D eigenvalue weighted by Crippen LogP contribution is -2.47. The fourth-order valence-electron chi connectivity index (χ4n) is 2.61. The van der Waals surface area contributed by atoms with Crippen molar-refractivity contribution in [2.75, 3.05) is 25.0 Å². The molecule has 0 aliphatic carbocycles. The van der Waals surface area contributed by atoms with Crippen LogP contribution in [0, 0.1) is 0 Å². The van der Waals surface area contributed by atoms with Crippen LogP contribution >= 0.6 is 11.8 Å². The van der Waals surface area contributed by atoms with E-state index in [0.717, 1.165) is 15.5 Å². The molecular weight excluding hydrogens is 370 g/mol. The first kappa shape index (κ1) is 22.0. The molecule has 0 aromatic heterocycles. The Morgan fingerprint density at radius 1 is 0.929 bits per heavy atom. The van der Waals surface area contributed by atoms with E-state index >= 15 is 0 Å². The second kappa shape index (κ2) is 10.3. The monoisotopic (exact) mass is 399 g/mol. The molecular formula is C22H29N3O2S. The lowest BCUT2D eigenvalue weighted by molar-refractivity contribution is -0.124. The molecule has 0 radical (unpaired) electrons. The van der Waals surface area contributed by atoms with Gasteiger partial charge in [-0.1, -0.05) is 49.0 Å². The van der Waals surface area contributed by atoms with Crippen molar-refractivity contribution in [3.05, 3.63) is 54.6 Å². The van der Waals surface area contributed by atoms with Gasteiger partial charge in [-0.15, -0.1) is 0 Å². The van der Waals surface area contributed by atoms with E-state index in [4.69, 9.17) is 0 Å². The third-order valence-corrected chi connectivity index (χ3v) is 4.91. The number of nitrogens with zero attached hydrogens (tertiary/aromatic N) is 1. The Kier molecular flexibility index (Phi) is 8.08. The third kappa shape index (κ3) is 7.74. The molecule has 6 heteroatoms. The van der Waals surface area contributed by atoms with Gasteiger partial charge in [-0.05, 0) is 51.6 Å².